The Bertz CT molecular complexity index is 546. The molecule has 3 heterocycles. The number of hydrogen-bond acceptors (Lipinski definition) is 3. The molecule has 0 amide bonds. The number of fused-ring (bicyclic) bond motifs is 1. The van der Waals surface area contributed by atoms with E-state index in [1.54, 1.807) is 0 Å². The molecule has 18 heavy (non-hydrogen) atoms. The van der Waals surface area contributed by atoms with Gasteiger partial charge < -0.3 is 10.6 Å². The van der Waals surface area contributed by atoms with E-state index in [0.717, 1.165) is 29.4 Å². The molecule has 1 saturated heterocycles. The molecule has 0 bridgehead atoms. The third-order valence-corrected chi connectivity index (χ3v) is 3.87. The Kier molecular flexibility index (Phi) is 3.06. The normalized spacial score (nSPS) is 20.9. The molecule has 0 aromatic carbocycles. The summed E-state index contributed by atoms with van der Waals surface area (Å²) in [6.45, 7) is 2.95. The van der Waals surface area contributed by atoms with E-state index in [2.05, 4.69) is 33.5 Å². The number of hydrogen-bond donors (Lipinski definition) is 1. The van der Waals surface area contributed by atoms with Crippen LogP contribution in [0.4, 0.5) is 0 Å². The number of nitrogens with two attached hydrogens (primary N) is 1. The predicted molar refractivity (Wildman–Crippen MR) is 72.4 cm³/mol. The van der Waals surface area contributed by atoms with Crippen molar-refractivity contribution in [2.24, 2.45) is 11.7 Å². The van der Waals surface area contributed by atoms with Crippen molar-refractivity contribution in [2.45, 2.75) is 19.4 Å². The number of nitrogens with zero attached hydrogens (tertiary/aromatic N) is 3. The van der Waals surface area contributed by atoms with Gasteiger partial charge in [0.15, 0.2) is 0 Å². The van der Waals surface area contributed by atoms with Gasteiger partial charge in [0.05, 0.1) is 11.7 Å². The van der Waals surface area contributed by atoms with Crippen molar-refractivity contribution in [2.75, 3.05) is 20.1 Å². The summed E-state index contributed by atoms with van der Waals surface area (Å²) in [5.74, 6) is 1.89. The first-order valence-electron chi connectivity index (χ1n) is 6.61. The van der Waals surface area contributed by atoms with Crippen molar-refractivity contribution < 1.29 is 0 Å². The van der Waals surface area contributed by atoms with Crippen molar-refractivity contribution >= 4 is 5.52 Å². The Morgan fingerprint density at radius 1 is 1.44 bits per heavy atom. The van der Waals surface area contributed by atoms with Crippen LogP contribution in [-0.2, 0) is 13.0 Å². The number of likely N-dealkylation sites (tertiary alicyclic amines) is 1. The van der Waals surface area contributed by atoms with Crippen molar-refractivity contribution in [1.29, 1.82) is 0 Å². The van der Waals surface area contributed by atoms with Gasteiger partial charge in [0.25, 0.3) is 0 Å². The second-order valence-electron chi connectivity index (χ2n) is 5.28. The quantitative estimate of drug-likeness (QED) is 0.885. The summed E-state index contributed by atoms with van der Waals surface area (Å²) >= 11 is 0. The molecule has 1 atom stereocenters. The van der Waals surface area contributed by atoms with Crippen LogP contribution in [0.15, 0.2) is 24.4 Å². The molecule has 0 radical (unpaired) electrons. The Morgan fingerprint density at radius 3 is 3.06 bits per heavy atom. The van der Waals surface area contributed by atoms with Gasteiger partial charge in [-0.05, 0) is 38.1 Å². The molecule has 2 aromatic heterocycles. The molecule has 1 unspecified atom stereocenters. The van der Waals surface area contributed by atoms with Gasteiger partial charge in [-0.3, -0.25) is 4.40 Å². The standard InChI is InChI=1S/C14H20N4/c1-17-6-5-11(10-17)7-14-16-9-13-4-2-3-12(8-15)18(13)14/h2-4,9,11H,5-8,10,15H2,1H3. The SMILES string of the molecule is CN1CCC(Cc2ncc3cccc(CN)n23)C1. The van der Waals surface area contributed by atoms with E-state index >= 15 is 0 Å². The van der Waals surface area contributed by atoms with Crippen LogP contribution in [0.1, 0.15) is 17.9 Å². The van der Waals surface area contributed by atoms with E-state index in [0.29, 0.717) is 6.54 Å². The third-order valence-electron chi connectivity index (χ3n) is 3.87. The summed E-state index contributed by atoms with van der Waals surface area (Å²) in [5.41, 5.74) is 8.11. The van der Waals surface area contributed by atoms with E-state index in [1.165, 1.54) is 19.5 Å². The Hall–Kier alpha value is -1.39. The highest BCUT2D eigenvalue weighted by atomic mass is 15.1. The highest BCUT2D eigenvalue weighted by Crippen LogP contribution is 2.20. The molecule has 96 valence electrons. The maximum Gasteiger partial charge on any atom is 0.113 e. The van der Waals surface area contributed by atoms with Gasteiger partial charge in [-0.2, -0.15) is 0 Å². The topological polar surface area (TPSA) is 46.6 Å². The van der Waals surface area contributed by atoms with Gasteiger partial charge >= 0.3 is 0 Å². The summed E-state index contributed by atoms with van der Waals surface area (Å²) < 4.78 is 2.22. The third kappa shape index (κ3) is 2.02. The fourth-order valence-electron chi connectivity index (χ4n) is 2.94. The molecule has 1 fully saturated rings. The lowest BCUT2D eigenvalue weighted by atomic mass is 10.0. The van der Waals surface area contributed by atoms with Gasteiger partial charge in [0.2, 0.25) is 0 Å². The first-order valence-corrected chi connectivity index (χ1v) is 6.61. The number of rotatable bonds is 3. The zero-order chi connectivity index (χ0) is 12.5. The molecule has 1 aliphatic heterocycles. The minimum absolute atomic E-state index is 0.561. The zero-order valence-corrected chi connectivity index (χ0v) is 10.8. The average molecular weight is 244 g/mol. The van der Waals surface area contributed by atoms with Crippen LogP contribution < -0.4 is 5.73 Å². The molecule has 4 nitrogen and oxygen atoms in total. The van der Waals surface area contributed by atoms with Crippen LogP contribution in [0.2, 0.25) is 0 Å². The Balaban J connectivity index is 1.92. The van der Waals surface area contributed by atoms with E-state index in [-0.39, 0.29) is 0 Å². The fourth-order valence-corrected chi connectivity index (χ4v) is 2.94. The fraction of sp³-hybridized carbons (Fsp3) is 0.500. The maximum atomic E-state index is 5.82. The lowest BCUT2D eigenvalue weighted by Gasteiger charge is -2.11. The molecule has 3 rings (SSSR count). The Morgan fingerprint density at radius 2 is 2.33 bits per heavy atom. The number of pyridine rings is 1. The largest absolute Gasteiger partial charge is 0.325 e. The van der Waals surface area contributed by atoms with E-state index < -0.39 is 0 Å². The van der Waals surface area contributed by atoms with Crippen molar-refractivity contribution in [3.05, 3.63) is 35.9 Å². The zero-order valence-electron chi connectivity index (χ0n) is 10.8. The molecule has 2 N–H and O–H groups in total. The van der Waals surface area contributed by atoms with Crippen molar-refractivity contribution in [1.82, 2.24) is 14.3 Å². The van der Waals surface area contributed by atoms with Crippen LogP contribution in [-0.4, -0.2) is 34.4 Å². The van der Waals surface area contributed by atoms with Crippen molar-refractivity contribution in [3.8, 4) is 0 Å². The van der Waals surface area contributed by atoms with Gasteiger partial charge in [-0.15, -0.1) is 0 Å². The molecule has 0 spiro atoms. The molecule has 0 saturated carbocycles. The Labute approximate surface area is 107 Å². The monoisotopic (exact) mass is 244 g/mol. The second kappa shape index (κ2) is 4.71. The summed E-state index contributed by atoms with van der Waals surface area (Å²) in [4.78, 5) is 6.97. The van der Waals surface area contributed by atoms with Gasteiger partial charge in [-0.1, -0.05) is 6.07 Å². The maximum absolute atomic E-state index is 5.82. The molecular weight excluding hydrogens is 224 g/mol. The number of aromatic nitrogens is 2. The van der Waals surface area contributed by atoms with E-state index in [1.807, 2.05) is 12.3 Å². The molecule has 2 aromatic rings. The molecule has 0 aliphatic carbocycles. The van der Waals surface area contributed by atoms with Gasteiger partial charge in [-0.25, -0.2) is 4.98 Å². The summed E-state index contributed by atoms with van der Waals surface area (Å²) in [7, 11) is 2.19. The summed E-state index contributed by atoms with van der Waals surface area (Å²) in [6.07, 6.45) is 4.28. The van der Waals surface area contributed by atoms with Crippen LogP contribution in [0.5, 0.6) is 0 Å². The van der Waals surface area contributed by atoms with Crippen LogP contribution in [0.3, 0.4) is 0 Å². The van der Waals surface area contributed by atoms with Crippen LogP contribution >= 0.6 is 0 Å². The first kappa shape index (κ1) is 11.7. The highest BCUT2D eigenvalue weighted by Gasteiger charge is 2.21. The smallest absolute Gasteiger partial charge is 0.113 e. The minimum atomic E-state index is 0.561. The van der Waals surface area contributed by atoms with Crippen LogP contribution in [0, 0.1) is 5.92 Å². The summed E-state index contributed by atoms with van der Waals surface area (Å²) in [5, 5.41) is 0. The lowest BCUT2D eigenvalue weighted by Crippen LogP contribution is -2.16. The first-order chi connectivity index (χ1) is 8.78. The minimum Gasteiger partial charge on any atom is -0.325 e. The van der Waals surface area contributed by atoms with E-state index in [9.17, 15) is 0 Å². The van der Waals surface area contributed by atoms with Gasteiger partial charge in [0, 0.05) is 25.2 Å². The molecule has 4 heteroatoms. The second-order valence-corrected chi connectivity index (χ2v) is 5.28. The van der Waals surface area contributed by atoms with Gasteiger partial charge in [0.1, 0.15) is 5.82 Å². The van der Waals surface area contributed by atoms with E-state index in [4.69, 9.17) is 5.73 Å². The molecular formula is C14H20N4. The summed E-state index contributed by atoms with van der Waals surface area (Å²) in [6, 6.07) is 6.22. The molecule has 1 aliphatic rings. The number of imidazole rings is 1. The predicted octanol–water partition coefficient (Wildman–Crippen LogP) is 1.29. The lowest BCUT2D eigenvalue weighted by molar-refractivity contribution is 0.392. The highest BCUT2D eigenvalue weighted by molar-refractivity contribution is 5.47. The average Bonchev–Trinajstić information content (AvgIpc) is 2.97. The van der Waals surface area contributed by atoms with Crippen molar-refractivity contribution in [3.63, 3.8) is 0 Å². The van der Waals surface area contributed by atoms with Crippen LogP contribution in [0.25, 0.3) is 5.52 Å².